The summed E-state index contributed by atoms with van der Waals surface area (Å²) in [4.78, 5) is 4.65. The molecule has 4 heteroatoms. The summed E-state index contributed by atoms with van der Waals surface area (Å²) in [5, 5.41) is 15.1. The average Bonchev–Trinajstić information content (AvgIpc) is 2.92. The molecule has 2 N–H and O–H groups in total. The zero-order valence-corrected chi connectivity index (χ0v) is 12.0. The molecule has 0 unspecified atom stereocenters. The van der Waals surface area contributed by atoms with Crippen LogP contribution in [0.15, 0.2) is 29.6 Å². The lowest BCUT2D eigenvalue weighted by molar-refractivity contribution is 0.293. The van der Waals surface area contributed by atoms with E-state index in [0.29, 0.717) is 6.54 Å². The maximum atomic E-state index is 8.68. The van der Waals surface area contributed by atoms with Crippen LogP contribution in [-0.2, 0) is 12.8 Å². The van der Waals surface area contributed by atoms with Gasteiger partial charge in [0, 0.05) is 30.5 Å². The van der Waals surface area contributed by atoms with Crippen molar-refractivity contribution in [3.63, 3.8) is 0 Å². The number of aryl methyl sites for hydroxylation is 1. The highest BCUT2D eigenvalue weighted by molar-refractivity contribution is 7.09. The van der Waals surface area contributed by atoms with Crippen molar-refractivity contribution in [3.8, 4) is 11.3 Å². The molecule has 3 nitrogen and oxygen atoms in total. The average molecular weight is 276 g/mol. The van der Waals surface area contributed by atoms with E-state index in [1.807, 2.05) is 0 Å². The summed E-state index contributed by atoms with van der Waals surface area (Å²) < 4.78 is 0. The van der Waals surface area contributed by atoms with Crippen LogP contribution in [0.2, 0.25) is 0 Å². The molecule has 1 aromatic heterocycles. The molecule has 0 saturated heterocycles. The molecule has 0 aliphatic rings. The van der Waals surface area contributed by atoms with E-state index >= 15 is 0 Å². The first kappa shape index (κ1) is 14.2. The maximum Gasteiger partial charge on any atom is 0.0945 e. The number of aliphatic hydroxyl groups excluding tert-OH is 1. The van der Waals surface area contributed by atoms with Gasteiger partial charge >= 0.3 is 0 Å². The van der Waals surface area contributed by atoms with E-state index in [4.69, 9.17) is 5.11 Å². The first-order valence-electron chi connectivity index (χ1n) is 6.68. The van der Waals surface area contributed by atoms with Crippen LogP contribution < -0.4 is 5.32 Å². The van der Waals surface area contributed by atoms with Gasteiger partial charge in [0.15, 0.2) is 0 Å². The summed E-state index contributed by atoms with van der Waals surface area (Å²) in [6, 6.07) is 8.61. The molecule has 0 amide bonds. The van der Waals surface area contributed by atoms with E-state index in [0.717, 1.165) is 30.1 Å². The summed E-state index contributed by atoms with van der Waals surface area (Å²) in [7, 11) is 0. The first-order chi connectivity index (χ1) is 9.33. The number of aliphatic hydroxyl groups is 1. The van der Waals surface area contributed by atoms with Crippen LogP contribution in [0.1, 0.15) is 17.5 Å². The summed E-state index contributed by atoms with van der Waals surface area (Å²) in [5.41, 5.74) is 3.60. The lowest BCUT2D eigenvalue weighted by Gasteiger charge is -2.00. The Hall–Kier alpha value is -1.23. The van der Waals surface area contributed by atoms with Crippen LogP contribution in [0.3, 0.4) is 0 Å². The van der Waals surface area contributed by atoms with Gasteiger partial charge in [-0.2, -0.15) is 0 Å². The van der Waals surface area contributed by atoms with E-state index in [1.54, 1.807) is 11.3 Å². The van der Waals surface area contributed by atoms with Crippen LogP contribution in [0.5, 0.6) is 0 Å². The van der Waals surface area contributed by atoms with Gasteiger partial charge in [-0.3, -0.25) is 0 Å². The number of nitrogens with one attached hydrogen (secondary N) is 1. The Kier molecular flexibility index (Phi) is 5.51. The topological polar surface area (TPSA) is 45.1 Å². The Morgan fingerprint density at radius 2 is 2.00 bits per heavy atom. The summed E-state index contributed by atoms with van der Waals surface area (Å²) in [6.07, 6.45) is 1.98. The van der Waals surface area contributed by atoms with E-state index in [2.05, 4.69) is 46.9 Å². The monoisotopic (exact) mass is 276 g/mol. The standard InChI is InChI=1S/C15H20N2OS/c1-2-12-3-5-13(6-4-12)14-11-19-15(17-14)7-8-16-9-10-18/h3-6,11,16,18H,2,7-10H2,1H3. The minimum absolute atomic E-state index is 0.187. The molecule has 0 radical (unpaired) electrons. The van der Waals surface area contributed by atoms with Gasteiger partial charge in [-0.15, -0.1) is 11.3 Å². The smallest absolute Gasteiger partial charge is 0.0945 e. The number of rotatable bonds is 7. The molecule has 0 aliphatic carbocycles. The van der Waals surface area contributed by atoms with Crippen LogP contribution in [0, 0.1) is 0 Å². The Morgan fingerprint density at radius 1 is 1.21 bits per heavy atom. The summed E-state index contributed by atoms with van der Waals surface area (Å²) in [5.74, 6) is 0. The van der Waals surface area contributed by atoms with Crippen molar-refractivity contribution in [2.24, 2.45) is 0 Å². The highest BCUT2D eigenvalue weighted by atomic mass is 32.1. The van der Waals surface area contributed by atoms with Crippen molar-refractivity contribution in [2.45, 2.75) is 19.8 Å². The molecule has 0 aliphatic heterocycles. The molecule has 102 valence electrons. The molecule has 0 atom stereocenters. The first-order valence-corrected chi connectivity index (χ1v) is 7.56. The van der Waals surface area contributed by atoms with Gasteiger partial charge in [-0.25, -0.2) is 4.98 Å². The van der Waals surface area contributed by atoms with Crippen molar-refractivity contribution in [2.75, 3.05) is 19.7 Å². The number of benzene rings is 1. The SMILES string of the molecule is CCc1ccc(-c2csc(CCNCCO)n2)cc1. The van der Waals surface area contributed by atoms with Gasteiger partial charge in [0.1, 0.15) is 0 Å². The van der Waals surface area contributed by atoms with Gasteiger partial charge in [-0.1, -0.05) is 31.2 Å². The van der Waals surface area contributed by atoms with Crippen LogP contribution in [-0.4, -0.2) is 29.8 Å². The highest BCUT2D eigenvalue weighted by Crippen LogP contribution is 2.22. The molecular formula is C15H20N2OS. The second-order valence-electron chi connectivity index (χ2n) is 4.40. The van der Waals surface area contributed by atoms with Gasteiger partial charge in [0.2, 0.25) is 0 Å². The third-order valence-corrected chi connectivity index (χ3v) is 3.92. The number of nitrogens with zero attached hydrogens (tertiary/aromatic N) is 1. The molecule has 2 rings (SSSR count). The van der Waals surface area contributed by atoms with E-state index < -0.39 is 0 Å². The van der Waals surface area contributed by atoms with E-state index in [9.17, 15) is 0 Å². The van der Waals surface area contributed by atoms with Crippen molar-refractivity contribution in [3.05, 3.63) is 40.2 Å². The molecule has 0 bridgehead atoms. The Balaban J connectivity index is 1.95. The highest BCUT2D eigenvalue weighted by Gasteiger charge is 2.04. The zero-order chi connectivity index (χ0) is 13.5. The van der Waals surface area contributed by atoms with Crippen molar-refractivity contribution in [1.29, 1.82) is 0 Å². The predicted octanol–water partition coefficient (Wildman–Crippen LogP) is 2.50. The Labute approximate surface area is 118 Å². The van der Waals surface area contributed by atoms with Crippen molar-refractivity contribution in [1.82, 2.24) is 10.3 Å². The summed E-state index contributed by atoms with van der Waals surface area (Å²) >= 11 is 1.70. The fraction of sp³-hybridized carbons (Fsp3) is 0.400. The number of aromatic nitrogens is 1. The molecule has 1 heterocycles. The van der Waals surface area contributed by atoms with Gasteiger partial charge in [-0.05, 0) is 12.0 Å². The lowest BCUT2D eigenvalue weighted by atomic mass is 10.1. The molecule has 0 saturated carbocycles. The molecule has 1 aromatic carbocycles. The molecule has 2 aromatic rings. The van der Waals surface area contributed by atoms with Crippen LogP contribution in [0.25, 0.3) is 11.3 Å². The number of hydrogen-bond donors (Lipinski definition) is 2. The normalized spacial score (nSPS) is 10.8. The molecule has 0 fully saturated rings. The fourth-order valence-corrected chi connectivity index (χ4v) is 2.68. The zero-order valence-electron chi connectivity index (χ0n) is 11.2. The predicted molar refractivity (Wildman–Crippen MR) is 80.6 cm³/mol. The minimum Gasteiger partial charge on any atom is -0.395 e. The van der Waals surface area contributed by atoms with Crippen LogP contribution in [0.4, 0.5) is 0 Å². The second-order valence-corrected chi connectivity index (χ2v) is 5.34. The lowest BCUT2D eigenvalue weighted by Crippen LogP contribution is -2.20. The van der Waals surface area contributed by atoms with Crippen molar-refractivity contribution < 1.29 is 5.11 Å². The third-order valence-electron chi connectivity index (χ3n) is 3.01. The fourth-order valence-electron chi connectivity index (χ4n) is 1.87. The Morgan fingerprint density at radius 3 is 2.68 bits per heavy atom. The van der Waals surface area contributed by atoms with Crippen molar-refractivity contribution >= 4 is 11.3 Å². The van der Waals surface area contributed by atoms with Gasteiger partial charge in [0.25, 0.3) is 0 Å². The Bertz CT molecular complexity index is 493. The largest absolute Gasteiger partial charge is 0.395 e. The van der Waals surface area contributed by atoms with E-state index in [-0.39, 0.29) is 6.61 Å². The number of hydrogen-bond acceptors (Lipinski definition) is 4. The summed E-state index contributed by atoms with van der Waals surface area (Å²) in [6.45, 7) is 3.86. The number of thiazole rings is 1. The third kappa shape index (κ3) is 4.13. The van der Waals surface area contributed by atoms with E-state index in [1.165, 1.54) is 11.1 Å². The maximum absolute atomic E-state index is 8.68. The van der Waals surface area contributed by atoms with Crippen LogP contribution >= 0.6 is 11.3 Å². The molecule has 19 heavy (non-hydrogen) atoms. The second kappa shape index (κ2) is 7.38. The molecular weight excluding hydrogens is 256 g/mol. The quantitative estimate of drug-likeness (QED) is 0.764. The minimum atomic E-state index is 0.187. The molecule has 0 spiro atoms. The van der Waals surface area contributed by atoms with Gasteiger partial charge < -0.3 is 10.4 Å². The van der Waals surface area contributed by atoms with Gasteiger partial charge in [0.05, 0.1) is 17.3 Å².